The average Bonchev–Trinajstić information content (AvgIpc) is 3.47. The highest BCUT2D eigenvalue weighted by Crippen LogP contribution is 2.64. The summed E-state index contributed by atoms with van der Waals surface area (Å²) in [6, 6.07) is 7.85. The van der Waals surface area contributed by atoms with Gasteiger partial charge in [0, 0.05) is 24.9 Å². The van der Waals surface area contributed by atoms with Gasteiger partial charge in [0.25, 0.3) is 0 Å². The Bertz CT molecular complexity index is 1490. The number of benzene rings is 1. The number of rotatable bonds is 5. The summed E-state index contributed by atoms with van der Waals surface area (Å²) in [5, 5.41) is 3.03. The zero-order chi connectivity index (χ0) is 35.5. The molecule has 6 heterocycles. The highest BCUT2D eigenvalue weighted by molar-refractivity contribution is 5.84. The molecule has 10 fully saturated rings. The molecule has 2 spiro atoms. The third-order valence-corrected chi connectivity index (χ3v) is 16.0. The first-order valence-electron chi connectivity index (χ1n) is 20.4. The SMILES string of the molecule is Cc1ccc(NC(=O)O[C@@H](C[C@H]2O[C@@H]3C[C@]4(C)CC[C@H]5[C@H](C)CC[C@@H]([C@H]2C)[C@@]35OO4)C2O[C@@H]3C[C@]4(C)CC[C@H]5[C@H](C)CC[C@@H]([C@H]2C)[C@@]35OO4)cc1. The fraction of sp³-hybridized carbons (Fsp3) is 0.833. The Kier molecular flexibility index (Phi) is 8.50. The molecule has 282 valence electrons. The Balaban J connectivity index is 1.04. The summed E-state index contributed by atoms with van der Waals surface area (Å²) < 4.78 is 21.2. The third kappa shape index (κ3) is 5.40. The van der Waals surface area contributed by atoms with Gasteiger partial charge in [0.05, 0.1) is 24.4 Å². The van der Waals surface area contributed by atoms with E-state index in [1.165, 1.54) is 6.42 Å². The van der Waals surface area contributed by atoms with Crippen molar-refractivity contribution in [2.75, 3.05) is 5.32 Å². The number of hydrogen-bond acceptors (Lipinski definition) is 8. The maximum atomic E-state index is 13.9. The van der Waals surface area contributed by atoms with Gasteiger partial charge in [-0.05, 0) is 132 Å². The van der Waals surface area contributed by atoms with Gasteiger partial charge in [-0.25, -0.2) is 24.3 Å². The standard InChI is InChI=1S/C42H61NO8/c1-23-8-12-28(13-9-23)43-38(44)46-34(37-27(5)32-15-11-25(3)30-17-19-40(7)22-36(47-37)42(30,32)51-49-40)20-33-26(4)31-14-10-24(2)29-16-18-39(6)21-35(45-33)41(29,31)50-48-39/h8-9,12-13,24-27,29-37H,10-11,14-22H2,1-7H3,(H,43,44)/t24-,25-,26-,27-,29+,30+,31+,32+,33-,34+,35-,36-,37?,39+,40+,41-,42-/m1/s1. The normalized spacial score (nSPS) is 51.7. The summed E-state index contributed by atoms with van der Waals surface area (Å²) in [4.78, 5) is 39.7. The number of carbonyl (C=O) groups excluding carboxylic acids is 1. The molecule has 6 saturated heterocycles. The highest BCUT2D eigenvalue weighted by atomic mass is 17.2. The van der Waals surface area contributed by atoms with Gasteiger partial charge in [-0.2, -0.15) is 0 Å². The Hall–Kier alpha value is -1.75. The molecule has 1 unspecified atom stereocenters. The molecule has 1 amide bonds. The van der Waals surface area contributed by atoms with Crippen LogP contribution >= 0.6 is 0 Å². The minimum absolute atomic E-state index is 0.0589. The maximum absolute atomic E-state index is 13.9. The van der Waals surface area contributed by atoms with Crippen molar-refractivity contribution < 1.29 is 38.6 Å². The van der Waals surface area contributed by atoms with Crippen LogP contribution in [0.5, 0.6) is 0 Å². The van der Waals surface area contributed by atoms with Crippen LogP contribution in [-0.4, -0.2) is 59.0 Å². The molecule has 1 aromatic rings. The van der Waals surface area contributed by atoms with Crippen LogP contribution in [0.25, 0.3) is 0 Å². The van der Waals surface area contributed by atoms with E-state index >= 15 is 0 Å². The van der Waals surface area contributed by atoms with Gasteiger partial charge < -0.3 is 14.2 Å². The second-order valence-corrected chi connectivity index (χ2v) is 19.1. The van der Waals surface area contributed by atoms with E-state index in [4.69, 9.17) is 33.8 Å². The summed E-state index contributed by atoms with van der Waals surface area (Å²) in [5.41, 5.74) is 0.217. The number of amides is 1. The molecule has 9 nitrogen and oxygen atoms in total. The average molecular weight is 708 g/mol. The number of hydrogen-bond donors (Lipinski definition) is 1. The lowest BCUT2D eigenvalue weighted by molar-refractivity contribution is -0.491. The number of carbonyl (C=O) groups is 1. The molecular weight excluding hydrogens is 646 g/mol. The predicted molar refractivity (Wildman–Crippen MR) is 190 cm³/mol. The summed E-state index contributed by atoms with van der Waals surface area (Å²) in [6.07, 6.45) is 9.28. The molecule has 11 rings (SSSR count). The van der Waals surface area contributed by atoms with Crippen LogP contribution < -0.4 is 5.32 Å². The number of fused-ring (bicyclic) bond motifs is 4. The lowest BCUT2D eigenvalue weighted by Crippen LogP contribution is -2.71. The van der Waals surface area contributed by atoms with Crippen molar-refractivity contribution in [3.05, 3.63) is 29.8 Å². The molecule has 4 bridgehead atoms. The van der Waals surface area contributed by atoms with Crippen molar-refractivity contribution >= 4 is 11.8 Å². The Labute approximate surface area is 304 Å². The molecular formula is C42H61NO8. The van der Waals surface area contributed by atoms with Crippen molar-refractivity contribution in [1.82, 2.24) is 0 Å². The fourth-order valence-corrected chi connectivity index (χ4v) is 13.1. The number of ether oxygens (including phenoxy) is 3. The summed E-state index contributed by atoms with van der Waals surface area (Å²) in [5.74, 6) is 2.74. The smallest absolute Gasteiger partial charge is 0.411 e. The molecule has 10 aliphatic rings. The molecule has 4 saturated carbocycles. The molecule has 51 heavy (non-hydrogen) atoms. The van der Waals surface area contributed by atoms with E-state index in [0.29, 0.717) is 36.0 Å². The minimum atomic E-state index is -0.508. The molecule has 4 aliphatic carbocycles. The Morgan fingerprint density at radius 1 is 0.745 bits per heavy atom. The minimum Gasteiger partial charge on any atom is -0.443 e. The van der Waals surface area contributed by atoms with Crippen molar-refractivity contribution in [3.63, 3.8) is 0 Å². The van der Waals surface area contributed by atoms with E-state index in [2.05, 4.69) is 46.9 Å². The monoisotopic (exact) mass is 707 g/mol. The quantitative estimate of drug-likeness (QED) is 0.304. The molecule has 0 radical (unpaired) electrons. The van der Waals surface area contributed by atoms with E-state index in [1.807, 2.05) is 31.2 Å². The van der Waals surface area contributed by atoms with Gasteiger partial charge >= 0.3 is 6.09 Å². The van der Waals surface area contributed by atoms with E-state index in [0.717, 1.165) is 69.0 Å². The van der Waals surface area contributed by atoms with E-state index in [-0.39, 0.29) is 53.4 Å². The zero-order valence-electron chi connectivity index (χ0n) is 31.9. The van der Waals surface area contributed by atoms with E-state index in [1.54, 1.807) is 0 Å². The molecule has 0 aromatic heterocycles. The van der Waals surface area contributed by atoms with Crippen LogP contribution in [0.15, 0.2) is 24.3 Å². The first kappa shape index (κ1) is 35.0. The Morgan fingerprint density at radius 2 is 1.29 bits per heavy atom. The van der Waals surface area contributed by atoms with Crippen LogP contribution in [0.1, 0.15) is 118 Å². The van der Waals surface area contributed by atoms with Crippen molar-refractivity contribution in [2.24, 2.45) is 47.3 Å². The van der Waals surface area contributed by atoms with Crippen molar-refractivity contribution in [1.29, 1.82) is 0 Å². The number of nitrogens with one attached hydrogen (secondary N) is 1. The van der Waals surface area contributed by atoms with Gasteiger partial charge in [0.15, 0.2) is 0 Å². The van der Waals surface area contributed by atoms with Gasteiger partial charge in [-0.1, -0.05) is 45.4 Å². The molecule has 1 aromatic carbocycles. The van der Waals surface area contributed by atoms with E-state index < -0.39 is 23.4 Å². The second kappa shape index (κ2) is 12.4. The molecule has 6 aliphatic heterocycles. The topological polar surface area (TPSA) is 93.7 Å². The lowest BCUT2D eigenvalue weighted by Gasteiger charge is -2.62. The first-order chi connectivity index (χ1) is 24.3. The summed E-state index contributed by atoms with van der Waals surface area (Å²) in [7, 11) is 0. The summed E-state index contributed by atoms with van der Waals surface area (Å²) >= 11 is 0. The van der Waals surface area contributed by atoms with E-state index in [9.17, 15) is 4.79 Å². The molecule has 17 atom stereocenters. The third-order valence-electron chi connectivity index (χ3n) is 16.0. The van der Waals surface area contributed by atoms with Crippen molar-refractivity contribution in [3.8, 4) is 0 Å². The van der Waals surface area contributed by atoms with Gasteiger partial charge in [0.2, 0.25) is 0 Å². The van der Waals surface area contributed by atoms with Gasteiger partial charge in [0.1, 0.15) is 28.5 Å². The molecule has 1 N–H and O–H groups in total. The predicted octanol–water partition coefficient (Wildman–Crippen LogP) is 8.72. The van der Waals surface area contributed by atoms with Crippen LogP contribution in [0.2, 0.25) is 0 Å². The first-order valence-corrected chi connectivity index (χ1v) is 20.4. The van der Waals surface area contributed by atoms with Crippen LogP contribution in [-0.2, 0) is 33.8 Å². The van der Waals surface area contributed by atoms with Gasteiger partial charge in [-0.3, -0.25) is 5.32 Å². The van der Waals surface area contributed by atoms with Crippen LogP contribution in [0.3, 0.4) is 0 Å². The summed E-state index contributed by atoms with van der Waals surface area (Å²) in [6.45, 7) is 15.8. The second-order valence-electron chi connectivity index (χ2n) is 19.1. The van der Waals surface area contributed by atoms with Crippen LogP contribution in [0.4, 0.5) is 10.5 Å². The largest absolute Gasteiger partial charge is 0.443 e. The zero-order valence-corrected chi connectivity index (χ0v) is 31.9. The van der Waals surface area contributed by atoms with Gasteiger partial charge in [-0.15, -0.1) is 0 Å². The number of aryl methyl sites for hydroxylation is 1. The Morgan fingerprint density at radius 3 is 1.88 bits per heavy atom. The molecule has 9 heteroatoms. The highest BCUT2D eigenvalue weighted by Gasteiger charge is 2.70. The van der Waals surface area contributed by atoms with Crippen LogP contribution in [0, 0.1) is 54.3 Å². The fourth-order valence-electron chi connectivity index (χ4n) is 13.1. The maximum Gasteiger partial charge on any atom is 0.411 e. The van der Waals surface area contributed by atoms with Crippen molar-refractivity contribution in [2.45, 2.75) is 172 Å². The lowest BCUT2D eigenvalue weighted by atomic mass is 9.55. The number of anilines is 1.